The Morgan fingerprint density at radius 1 is 1.46 bits per heavy atom. The van der Waals surface area contributed by atoms with Gasteiger partial charge < -0.3 is 10.5 Å². The van der Waals surface area contributed by atoms with Gasteiger partial charge in [-0.3, -0.25) is 0 Å². The number of carbonyl (C=O) groups is 1. The molecular formula is C7H12F3NO2. The van der Waals surface area contributed by atoms with Crippen LogP contribution in [-0.4, -0.2) is 24.8 Å². The molecule has 0 heterocycles. The van der Waals surface area contributed by atoms with E-state index in [-0.39, 0.29) is 6.42 Å². The molecule has 0 aromatic carbocycles. The molecule has 3 nitrogen and oxygen atoms in total. The molecule has 0 saturated heterocycles. The van der Waals surface area contributed by atoms with Crippen molar-refractivity contribution < 1.29 is 22.7 Å². The third-order valence-corrected chi connectivity index (χ3v) is 1.70. The molecule has 0 fully saturated rings. The van der Waals surface area contributed by atoms with Crippen molar-refractivity contribution in [1.82, 2.24) is 0 Å². The second-order valence-corrected chi connectivity index (χ2v) is 2.71. The van der Waals surface area contributed by atoms with Gasteiger partial charge in [0.1, 0.15) is 0 Å². The number of alkyl halides is 3. The SMILES string of the molecule is CCCC(N)(C(=O)OC)C(F)(F)F. The molecular weight excluding hydrogens is 187 g/mol. The van der Waals surface area contributed by atoms with Gasteiger partial charge in [0, 0.05) is 0 Å². The third-order valence-electron chi connectivity index (χ3n) is 1.70. The standard InChI is InChI=1S/C7H12F3NO2/c1-3-4-6(11,5(12)13-2)7(8,9)10/h3-4,11H2,1-2H3. The lowest BCUT2D eigenvalue weighted by molar-refractivity contribution is -0.205. The van der Waals surface area contributed by atoms with E-state index >= 15 is 0 Å². The largest absolute Gasteiger partial charge is 0.467 e. The minimum atomic E-state index is -4.77. The first kappa shape index (κ1) is 12.2. The summed E-state index contributed by atoms with van der Waals surface area (Å²) in [7, 11) is 0.880. The lowest BCUT2D eigenvalue weighted by atomic mass is 9.94. The normalized spacial score (nSPS) is 16.5. The highest BCUT2D eigenvalue weighted by Gasteiger charge is 2.57. The lowest BCUT2D eigenvalue weighted by Crippen LogP contribution is -2.59. The molecule has 0 rings (SSSR count). The number of hydrogen-bond acceptors (Lipinski definition) is 3. The highest BCUT2D eigenvalue weighted by atomic mass is 19.4. The fraction of sp³-hybridized carbons (Fsp3) is 0.857. The van der Waals surface area contributed by atoms with Crippen molar-refractivity contribution in [2.75, 3.05) is 7.11 Å². The Kier molecular flexibility index (Phi) is 3.71. The number of rotatable bonds is 3. The summed E-state index contributed by atoms with van der Waals surface area (Å²) < 4.78 is 40.9. The summed E-state index contributed by atoms with van der Waals surface area (Å²) in [5.41, 5.74) is 2.08. The third kappa shape index (κ3) is 2.33. The van der Waals surface area contributed by atoms with E-state index in [4.69, 9.17) is 5.73 Å². The van der Waals surface area contributed by atoms with Gasteiger partial charge in [0.15, 0.2) is 0 Å². The van der Waals surface area contributed by atoms with Gasteiger partial charge in [-0.2, -0.15) is 13.2 Å². The van der Waals surface area contributed by atoms with E-state index in [9.17, 15) is 18.0 Å². The summed E-state index contributed by atoms with van der Waals surface area (Å²) in [4.78, 5) is 10.8. The highest BCUT2D eigenvalue weighted by molar-refractivity contribution is 5.81. The van der Waals surface area contributed by atoms with E-state index in [1.54, 1.807) is 0 Å². The number of hydrogen-bond donors (Lipinski definition) is 1. The van der Waals surface area contributed by atoms with Crippen LogP contribution in [0.15, 0.2) is 0 Å². The van der Waals surface area contributed by atoms with Crippen LogP contribution in [0.3, 0.4) is 0 Å². The Bertz CT molecular complexity index is 193. The molecule has 13 heavy (non-hydrogen) atoms. The van der Waals surface area contributed by atoms with Crippen LogP contribution in [0.1, 0.15) is 19.8 Å². The Balaban J connectivity index is 4.83. The Morgan fingerprint density at radius 2 is 1.92 bits per heavy atom. The molecule has 0 aliphatic carbocycles. The van der Waals surface area contributed by atoms with Crippen molar-refractivity contribution in [3.63, 3.8) is 0 Å². The molecule has 0 radical (unpaired) electrons. The van der Waals surface area contributed by atoms with Gasteiger partial charge >= 0.3 is 12.1 Å². The summed E-state index contributed by atoms with van der Waals surface area (Å²) in [6, 6.07) is 0. The first-order valence-electron chi connectivity index (χ1n) is 3.73. The first-order chi connectivity index (χ1) is 5.79. The van der Waals surface area contributed by atoms with Crippen LogP contribution in [-0.2, 0) is 9.53 Å². The quantitative estimate of drug-likeness (QED) is 0.695. The molecule has 0 aliphatic heterocycles. The van der Waals surface area contributed by atoms with E-state index in [1.807, 2.05) is 0 Å². The number of esters is 1. The zero-order chi connectivity index (χ0) is 10.7. The molecule has 0 spiro atoms. The number of nitrogens with two attached hydrogens (primary N) is 1. The summed E-state index contributed by atoms with van der Waals surface area (Å²) >= 11 is 0. The Morgan fingerprint density at radius 3 is 2.15 bits per heavy atom. The van der Waals surface area contributed by atoms with Crippen LogP contribution >= 0.6 is 0 Å². The van der Waals surface area contributed by atoms with Crippen molar-refractivity contribution in [3.8, 4) is 0 Å². The fourth-order valence-electron chi connectivity index (χ4n) is 0.936. The molecule has 78 valence electrons. The Labute approximate surface area is 74.0 Å². The Hall–Kier alpha value is -0.780. The summed E-state index contributed by atoms with van der Waals surface area (Å²) in [5.74, 6) is -1.44. The minimum absolute atomic E-state index is 0.158. The number of ether oxygens (including phenoxy) is 1. The molecule has 0 aliphatic rings. The fourth-order valence-corrected chi connectivity index (χ4v) is 0.936. The molecule has 0 bridgehead atoms. The van der Waals surface area contributed by atoms with Gasteiger partial charge in [-0.1, -0.05) is 13.3 Å². The van der Waals surface area contributed by atoms with E-state index in [0.717, 1.165) is 7.11 Å². The van der Waals surface area contributed by atoms with Crippen LogP contribution < -0.4 is 5.73 Å². The molecule has 0 saturated carbocycles. The van der Waals surface area contributed by atoms with E-state index in [2.05, 4.69) is 4.74 Å². The molecule has 2 N–H and O–H groups in total. The van der Waals surface area contributed by atoms with E-state index in [1.165, 1.54) is 6.92 Å². The van der Waals surface area contributed by atoms with E-state index in [0.29, 0.717) is 0 Å². The monoisotopic (exact) mass is 199 g/mol. The minimum Gasteiger partial charge on any atom is -0.467 e. The van der Waals surface area contributed by atoms with Crippen LogP contribution in [0.4, 0.5) is 13.2 Å². The average molecular weight is 199 g/mol. The molecule has 1 unspecified atom stereocenters. The van der Waals surface area contributed by atoms with Gasteiger partial charge in [0.2, 0.25) is 5.54 Å². The number of methoxy groups -OCH3 is 1. The molecule has 0 aromatic heterocycles. The second-order valence-electron chi connectivity index (χ2n) is 2.71. The predicted octanol–water partition coefficient (Wildman–Crippen LogP) is 1.22. The van der Waals surface area contributed by atoms with Gasteiger partial charge in [-0.15, -0.1) is 0 Å². The molecule has 1 atom stereocenters. The predicted molar refractivity (Wildman–Crippen MR) is 39.9 cm³/mol. The zero-order valence-corrected chi connectivity index (χ0v) is 7.44. The van der Waals surface area contributed by atoms with Crippen LogP contribution in [0, 0.1) is 0 Å². The lowest BCUT2D eigenvalue weighted by Gasteiger charge is -2.28. The average Bonchev–Trinajstić information content (AvgIpc) is 2.01. The van der Waals surface area contributed by atoms with Gasteiger partial charge in [0.25, 0.3) is 0 Å². The van der Waals surface area contributed by atoms with Crippen molar-refractivity contribution in [1.29, 1.82) is 0 Å². The molecule has 0 amide bonds. The zero-order valence-electron chi connectivity index (χ0n) is 7.44. The van der Waals surface area contributed by atoms with E-state index < -0.39 is 24.1 Å². The molecule has 6 heteroatoms. The second kappa shape index (κ2) is 3.95. The first-order valence-corrected chi connectivity index (χ1v) is 3.73. The van der Waals surface area contributed by atoms with Crippen molar-refractivity contribution in [2.45, 2.75) is 31.5 Å². The van der Waals surface area contributed by atoms with Gasteiger partial charge in [-0.05, 0) is 6.42 Å². The maximum atomic E-state index is 12.3. The van der Waals surface area contributed by atoms with Crippen molar-refractivity contribution >= 4 is 5.97 Å². The molecule has 0 aromatic rings. The summed E-state index contributed by atoms with van der Waals surface area (Å²) in [5, 5.41) is 0. The van der Waals surface area contributed by atoms with Crippen molar-refractivity contribution in [3.05, 3.63) is 0 Å². The topological polar surface area (TPSA) is 52.3 Å². The summed E-state index contributed by atoms with van der Waals surface area (Å²) in [6.45, 7) is 1.51. The van der Waals surface area contributed by atoms with Crippen LogP contribution in [0.25, 0.3) is 0 Å². The van der Waals surface area contributed by atoms with Crippen LogP contribution in [0.2, 0.25) is 0 Å². The van der Waals surface area contributed by atoms with Gasteiger partial charge in [-0.25, -0.2) is 4.79 Å². The smallest absolute Gasteiger partial charge is 0.417 e. The highest BCUT2D eigenvalue weighted by Crippen LogP contribution is 2.32. The maximum Gasteiger partial charge on any atom is 0.417 e. The van der Waals surface area contributed by atoms with Crippen molar-refractivity contribution in [2.24, 2.45) is 5.73 Å². The number of halogens is 3. The van der Waals surface area contributed by atoms with Gasteiger partial charge in [0.05, 0.1) is 7.11 Å². The maximum absolute atomic E-state index is 12.3. The summed E-state index contributed by atoms with van der Waals surface area (Å²) in [6.07, 6.45) is -5.08. The number of carbonyl (C=O) groups excluding carboxylic acids is 1. The van der Waals surface area contributed by atoms with Crippen LogP contribution in [0.5, 0.6) is 0 Å².